The van der Waals surface area contributed by atoms with Gasteiger partial charge < -0.3 is 9.84 Å². The third-order valence-electron chi connectivity index (χ3n) is 7.17. The van der Waals surface area contributed by atoms with Crippen molar-refractivity contribution in [2.24, 2.45) is 22.7 Å². The van der Waals surface area contributed by atoms with Gasteiger partial charge in [-0.3, -0.25) is 0 Å². The van der Waals surface area contributed by atoms with E-state index in [9.17, 15) is 14.7 Å². The number of hydrogen-bond donors (Lipinski definition) is 1. The molecule has 5 unspecified atom stereocenters. The minimum absolute atomic E-state index is 0.0354. The van der Waals surface area contributed by atoms with Gasteiger partial charge in [-0.05, 0) is 61.9 Å². The molecule has 3 rings (SSSR count). The van der Waals surface area contributed by atoms with Gasteiger partial charge in [-0.15, -0.1) is 0 Å². The first kappa shape index (κ1) is 17.2. The first-order valence-corrected chi connectivity index (χ1v) is 9.01. The predicted octanol–water partition coefficient (Wildman–Crippen LogP) is 4.11. The van der Waals surface area contributed by atoms with Gasteiger partial charge in [0.25, 0.3) is 0 Å². The van der Waals surface area contributed by atoms with Gasteiger partial charge in [-0.2, -0.15) is 0 Å². The van der Waals surface area contributed by atoms with Crippen LogP contribution in [0.4, 0.5) is 0 Å². The molecule has 4 heteroatoms. The maximum absolute atomic E-state index is 11.8. The van der Waals surface area contributed by atoms with Gasteiger partial charge in [0.05, 0.1) is 0 Å². The quantitative estimate of drug-likeness (QED) is 0.790. The second kappa shape index (κ2) is 5.75. The van der Waals surface area contributed by atoms with Crippen molar-refractivity contribution in [3.63, 3.8) is 0 Å². The van der Waals surface area contributed by atoms with Crippen molar-refractivity contribution in [1.29, 1.82) is 0 Å². The number of hydrogen-bond acceptors (Lipinski definition) is 3. The molecular weight excluding hydrogens is 304 g/mol. The van der Waals surface area contributed by atoms with Crippen LogP contribution in [0.25, 0.3) is 0 Å². The van der Waals surface area contributed by atoms with Crippen molar-refractivity contribution >= 4 is 11.9 Å². The Morgan fingerprint density at radius 1 is 1.38 bits per heavy atom. The van der Waals surface area contributed by atoms with Crippen LogP contribution < -0.4 is 0 Å². The largest absolute Gasteiger partial charge is 0.478 e. The lowest BCUT2D eigenvalue weighted by molar-refractivity contribution is -0.143. The molecule has 0 spiro atoms. The zero-order valence-electron chi connectivity index (χ0n) is 15.1. The van der Waals surface area contributed by atoms with Crippen LogP contribution in [0.5, 0.6) is 0 Å². The van der Waals surface area contributed by atoms with Crippen LogP contribution in [0.1, 0.15) is 59.8 Å². The Morgan fingerprint density at radius 2 is 2.08 bits per heavy atom. The van der Waals surface area contributed by atoms with Crippen molar-refractivity contribution in [3.05, 3.63) is 23.3 Å². The summed E-state index contributed by atoms with van der Waals surface area (Å²) in [5.74, 6) is -0.239. The Labute approximate surface area is 144 Å². The lowest BCUT2D eigenvalue weighted by atomic mass is 9.46. The van der Waals surface area contributed by atoms with Gasteiger partial charge in [-0.1, -0.05) is 26.8 Å². The van der Waals surface area contributed by atoms with Crippen LogP contribution in [-0.2, 0) is 14.3 Å². The number of ether oxygens (including phenoxy) is 1. The van der Waals surface area contributed by atoms with Gasteiger partial charge >= 0.3 is 11.9 Å². The van der Waals surface area contributed by atoms with Crippen LogP contribution in [0.15, 0.2) is 23.3 Å². The Morgan fingerprint density at radius 3 is 2.67 bits per heavy atom. The van der Waals surface area contributed by atoms with E-state index in [1.165, 1.54) is 0 Å². The second-order valence-electron chi connectivity index (χ2n) is 8.43. The minimum atomic E-state index is -0.775. The van der Waals surface area contributed by atoms with Gasteiger partial charge in [0.15, 0.2) is 0 Å². The average Bonchev–Trinajstić information content (AvgIpc) is 2.80. The van der Waals surface area contributed by atoms with Gasteiger partial charge in [0, 0.05) is 17.1 Å². The molecule has 1 saturated carbocycles. The summed E-state index contributed by atoms with van der Waals surface area (Å²) >= 11 is 0. The summed E-state index contributed by atoms with van der Waals surface area (Å²) in [5.41, 5.74) is 1.26. The third kappa shape index (κ3) is 2.51. The summed E-state index contributed by atoms with van der Waals surface area (Å²) in [5, 5.41) is 9.69. The Kier molecular flexibility index (Phi) is 4.13. The summed E-state index contributed by atoms with van der Waals surface area (Å²) in [6.45, 7) is 8.64. The van der Waals surface area contributed by atoms with Crippen LogP contribution in [-0.4, -0.2) is 23.1 Å². The molecule has 3 aliphatic rings. The first-order chi connectivity index (χ1) is 11.2. The molecule has 1 fully saturated rings. The average molecular weight is 332 g/mol. The number of rotatable bonds is 3. The molecule has 4 nitrogen and oxygen atoms in total. The van der Waals surface area contributed by atoms with E-state index >= 15 is 0 Å². The zero-order valence-corrected chi connectivity index (χ0v) is 15.1. The molecule has 0 aromatic heterocycles. The van der Waals surface area contributed by atoms with Crippen molar-refractivity contribution in [2.75, 3.05) is 0 Å². The number of carbonyl (C=O) groups is 2. The number of fused-ring (bicyclic) bond motifs is 1. The summed E-state index contributed by atoms with van der Waals surface area (Å²) in [6, 6.07) is 0. The van der Waals surface area contributed by atoms with Crippen LogP contribution in [0, 0.1) is 22.7 Å². The molecule has 0 saturated heterocycles. The Balaban J connectivity index is 1.94. The number of carbonyl (C=O) groups excluding carboxylic acids is 1. The maximum Gasteiger partial charge on any atom is 0.331 e. The highest BCUT2D eigenvalue weighted by Crippen LogP contribution is 2.62. The van der Waals surface area contributed by atoms with E-state index in [2.05, 4.69) is 20.8 Å². The molecule has 0 aromatic rings. The van der Waals surface area contributed by atoms with E-state index in [1.54, 1.807) is 6.08 Å². The van der Waals surface area contributed by atoms with Crippen molar-refractivity contribution in [2.45, 2.75) is 65.9 Å². The van der Waals surface area contributed by atoms with Gasteiger partial charge in [-0.25, -0.2) is 9.59 Å². The minimum Gasteiger partial charge on any atom is -0.478 e. The summed E-state index contributed by atoms with van der Waals surface area (Å²) < 4.78 is 5.51. The Bertz CT molecular complexity index is 632. The van der Waals surface area contributed by atoms with Crippen LogP contribution in [0.3, 0.4) is 0 Å². The lowest BCUT2D eigenvalue weighted by Crippen LogP contribution is -2.52. The highest BCUT2D eigenvalue weighted by atomic mass is 16.5. The SMILES string of the molecule is CC1=CC(=O)OC1CC1(C)C(C)CCC2(C)C(C(=O)O)=CCCC21. The van der Waals surface area contributed by atoms with Crippen molar-refractivity contribution in [1.82, 2.24) is 0 Å². The summed E-state index contributed by atoms with van der Waals surface area (Å²) in [7, 11) is 0. The van der Waals surface area contributed by atoms with E-state index in [1.807, 2.05) is 13.0 Å². The highest BCUT2D eigenvalue weighted by molar-refractivity contribution is 5.88. The first-order valence-electron chi connectivity index (χ1n) is 9.01. The molecular formula is C20H28O4. The number of aliphatic carboxylic acids is 1. The fourth-order valence-electron chi connectivity index (χ4n) is 5.51. The van der Waals surface area contributed by atoms with E-state index in [0.29, 0.717) is 17.4 Å². The predicted molar refractivity (Wildman–Crippen MR) is 91.3 cm³/mol. The van der Waals surface area contributed by atoms with Gasteiger partial charge in [0.1, 0.15) is 6.10 Å². The number of cyclic esters (lactones) is 1. The summed E-state index contributed by atoms with van der Waals surface area (Å²) in [6.07, 6.45) is 7.91. The zero-order chi connectivity index (χ0) is 17.7. The number of esters is 1. The van der Waals surface area contributed by atoms with Crippen molar-refractivity contribution < 1.29 is 19.4 Å². The number of carboxylic acids is 1. The number of allylic oxidation sites excluding steroid dienone is 1. The molecule has 132 valence electrons. The summed E-state index contributed by atoms with van der Waals surface area (Å²) in [4.78, 5) is 23.4. The molecule has 1 heterocycles. The monoisotopic (exact) mass is 332 g/mol. The number of carboxylic acid groups (broad SMARTS) is 1. The maximum atomic E-state index is 11.8. The standard InChI is InChI=1S/C20H28O4/c1-12-10-17(21)24-15(12)11-20(4)13(2)8-9-19(3)14(18(22)23)6-5-7-16(19)20/h6,10,13,15-16H,5,7-9,11H2,1-4H3,(H,22,23). The second-order valence-corrected chi connectivity index (χ2v) is 8.43. The fraction of sp³-hybridized carbons (Fsp3) is 0.700. The molecule has 1 N–H and O–H groups in total. The van der Waals surface area contributed by atoms with E-state index in [-0.39, 0.29) is 22.9 Å². The fourth-order valence-corrected chi connectivity index (χ4v) is 5.51. The molecule has 24 heavy (non-hydrogen) atoms. The van der Waals surface area contributed by atoms with Gasteiger partial charge in [0.2, 0.25) is 0 Å². The van der Waals surface area contributed by atoms with E-state index in [0.717, 1.165) is 37.7 Å². The molecule has 0 amide bonds. The Hall–Kier alpha value is -1.58. The van der Waals surface area contributed by atoms with E-state index in [4.69, 9.17) is 4.74 Å². The lowest BCUT2D eigenvalue weighted by Gasteiger charge is -2.58. The molecule has 2 aliphatic carbocycles. The normalized spacial score (nSPS) is 42.0. The highest BCUT2D eigenvalue weighted by Gasteiger charge is 2.56. The molecule has 1 aliphatic heterocycles. The third-order valence-corrected chi connectivity index (χ3v) is 7.17. The van der Waals surface area contributed by atoms with Crippen LogP contribution in [0.2, 0.25) is 0 Å². The molecule has 0 bridgehead atoms. The molecule has 5 atom stereocenters. The van der Waals surface area contributed by atoms with E-state index < -0.39 is 5.97 Å². The molecule has 0 radical (unpaired) electrons. The molecule has 0 aromatic carbocycles. The smallest absolute Gasteiger partial charge is 0.331 e. The van der Waals surface area contributed by atoms with Crippen LogP contribution >= 0.6 is 0 Å². The topological polar surface area (TPSA) is 63.6 Å². The van der Waals surface area contributed by atoms with Crippen molar-refractivity contribution in [3.8, 4) is 0 Å².